The van der Waals surface area contributed by atoms with Crippen molar-refractivity contribution in [2.75, 3.05) is 0 Å². The molecule has 6 heteroatoms. The predicted octanol–water partition coefficient (Wildman–Crippen LogP) is 1.91. The van der Waals surface area contributed by atoms with Gasteiger partial charge in [-0.2, -0.15) is 0 Å². The highest BCUT2D eigenvalue weighted by atomic mass is 16.2. The molecular formula is C18H27N3O3. The number of hydrogen-bond acceptors (Lipinski definition) is 3. The summed E-state index contributed by atoms with van der Waals surface area (Å²) in [4.78, 5) is 35.4. The molecule has 3 amide bonds. The Labute approximate surface area is 143 Å². The second-order valence-corrected chi connectivity index (χ2v) is 7.19. The SMILES string of the molecule is CC(=O)N[C@H](C(=O)NNC(=O)c1ccc(C(C)(C)C)cc1)C(C)C. The fraction of sp³-hybridized carbons (Fsp3) is 0.500. The van der Waals surface area contributed by atoms with Crippen molar-refractivity contribution in [1.29, 1.82) is 0 Å². The van der Waals surface area contributed by atoms with Crippen LogP contribution >= 0.6 is 0 Å². The molecule has 0 aliphatic carbocycles. The Kier molecular flexibility index (Phi) is 6.51. The first-order valence-electron chi connectivity index (χ1n) is 8.00. The standard InChI is InChI=1S/C18H27N3O3/c1-11(2)15(19-12(3)22)17(24)21-20-16(23)13-7-9-14(10-8-13)18(4,5)6/h7-11,15H,1-6H3,(H,19,22)(H,20,23)(H,21,24)/t15-/m0/s1. The highest BCUT2D eigenvalue weighted by Gasteiger charge is 2.23. The molecule has 0 bridgehead atoms. The fourth-order valence-electron chi connectivity index (χ4n) is 2.14. The van der Waals surface area contributed by atoms with Crippen LogP contribution in [0.3, 0.4) is 0 Å². The molecule has 0 aliphatic heterocycles. The molecule has 0 spiro atoms. The van der Waals surface area contributed by atoms with E-state index in [-0.39, 0.29) is 17.2 Å². The van der Waals surface area contributed by atoms with E-state index in [1.165, 1.54) is 6.92 Å². The molecule has 0 fully saturated rings. The summed E-state index contributed by atoms with van der Waals surface area (Å²) in [7, 11) is 0. The lowest BCUT2D eigenvalue weighted by atomic mass is 9.87. The first kappa shape index (κ1) is 19.7. The normalized spacial score (nSPS) is 12.5. The van der Waals surface area contributed by atoms with Crippen molar-refractivity contribution in [3.63, 3.8) is 0 Å². The van der Waals surface area contributed by atoms with Crippen molar-refractivity contribution in [2.45, 2.75) is 53.0 Å². The fourth-order valence-corrected chi connectivity index (χ4v) is 2.14. The Balaban J connectivity index is 2.68. The maximum atomic E-state index is 12.1. The summed E-state index contributed by atoms with van der Waals surface area (Å²) in [5.41, 5.74) is 6.31. The summed E-state index contributed by atoms with van der Waals surface area (Å²) in [6.45, 7) is 11.3. The summed E-state index contributed by atoms with van der Waals surface area (Å²) in [6, 6.07) is 6.52. The molecule has 1 aromatic carbocycles. The van der Waals surface area contributed by atoms with Crippen molar-refractivity contribution < 1.29 is 14.4 Å². The highest BCUT2D eigenvalue weighted by molar-refractivity contribution is 5.96. The molecular weight excluding hydrogens is 306 g/mol. The third-order valence-electron chi connectivity index (χ3n) is 3.62. The quantitative estimate of drug-likeness (QED) is 0.736. The molecule has 1 atom stereocenters. The summed E-state index contributed by atoms with van der Waals surface area (Å²) in [5, 5.41) is 2.56. The largest absolute Gasteiger partial charge is 0.344 e. The van der Waals surface area contributed by atoms with Crippen molar-refractivity contribution >= 4 is 17.7 Å². The smallest absolute Gasteiger partial charge is 0.269 e. The molecule has 0 aromatic heterocycles. The van der Waals surface area contributed by atoms with Crippen LogP contribution in [0.15, 0.2) is 24.3 Å². The topological polar surface area (TPSA) is 87.3 Å². The van der Waals surface area contributed by atoms with Gasteiger partial charge >= 0.3 is 0 Å². The van der Waals surface area contributed by atoms with Crippen LogP contribution in [0.5, 0.6) is 0 Å². The molecule has 0 saturated heterocycles. The molecule has 0 unspecified atom stereocenters. The first-order chi connectivity index (χ1) is 11.0. The van der Waals surface area contributed by atoms with Gasteiger partial charge in [0.2, 0.25) is 5.91 Å². The molecule has 0 radical (unpaired) electrons. The van der Waals surface area contributed by atoms with Crippen LogP contribution in [0, 0.1) is 5.92 Å². The molecule has 0 aliphatic rings. The van der Waals surface area contributed by atoms with Crippen molar-refractivity contribution in [3.8, 4) is 0 Å². The summed E-state index contributed by atoms with van der Waals surface area (Å²) in [5.74, 6) is -1.26. The van der Waals surface area contributed by atoms with Crippen LogP contribution in [0.25, 0.3) is 0 Å². The zero-order valence-corrected chi connectivity index (χ0v) is 15.2. The lowest BCUT2D eigenvalue weighted by Gasteiger charge is -2.21. The van der Waals surface area contributed by atoms with E-state index in [1.54, 1.807) is 12.1 Å². The van der Waals surface area contributed by atoms with Gasteiger partial charge in [0, 0.05) is 12.5 Å². The average molecular weight is 333 g/mol. The monoisotopic (exact) mass is 333 g/mol. The van der Waals surface area contributed by atoms with Gasteiger partial charge in [-0.15, -0.1) is 0 Å². The maximum Gasteiger partial charge on any atom is 0.269 e. The molecule has 132 valence electrons. The number of rotatable bonds is 4. The van der Waals surface area contributed by atoms with Gasteiger partial charge in [0.25, 0.3) is 11.8 Å². The van der Waals surface area contributed by atoms with E-state index in [2.05, 4.69) is 36.9 Å². The van der Waals surface area contributed by atoms with Gasteiger partial charge in [0.05, 0.1) is 0 Å². The summed E-state index contributed by atoms with van der Waals surface area (Å²) >= 11 is 0. The molecule has 3 N–H and O–H groups in total. The average Bonchev–Trinajstić information content (AvgIpc) is 2.48. The van der Waals surface area contributed by atoms with E-state index < -0.39 is 17.9 Å². The predicted molar refractivity (Wildman–Crippen MR) is 93.2 cm³/mol. The van der Waals surface area contributed by atoms with Gasteiger partial charge in [0.1, 0.15) is 6.04 Å². The molecule has 24 heavy (non-hydrogen) atoms. The Morgan fingerprint density at radius 1 is 0.958 bits per heavy atom. The van der Waals surface area contributed by atoms with Crippen LogP contribution in [0.4, 0.5) is 0 Å². The first-order valence-corrected chi connectivity index (χ1v) is 8.00. The van der Waals surface area contributed by atoms with Gasteiger partial charge in [-0.25, -0.2) is 0 Å². The van der Waals surface area contributed by atoms with Crippen LogP contribution in [0.2, 0.25) is 0 Å². The Bertz CT molecular complexity index is 601. The highest BCUT2D eigenvalue weighted by Crippen LogP contribution is 2.22. The van der Waals surface area contributed by atoms with Gasteiger partial charge in [0.15, 0.2) is 0 Å². The van der Waals surface area contributed by atoms with E-state index in [0.29, 0.717) is 5.56 Å². The lowest BCUT2D eigenvalue weighted by Crippen LogP contribution is -2.54. The van der Waals surface area contributed by atoms with Crippen molar-refractivity contribution in [2.24, 2.45) is 5.92 Å². The van der Waals surface area contributed by atoms with E-state index in [0.717, 1.165) is 5.56 Å². The Morgan fingerprint density at radius 3 is 1.92 bits per heavy atom. The minimum Gasteiger partial charge on any atom is -0.344 e. The number of amides is 3. The number of nitrogens with one attached hydrogen (secondary N) is 3. The number of hydrazine groups is 1. The third-order valence-corrected chi connectivity index (χ3v) is 3.62. The van der Waals surface area contributed by atoms with Gasteiger partial charge in [-0.05, 0) is 29.0 Å². The van der Waals surface area contributed by atoms with Crippen LogP contribution in [-0.4, -0.2) is 23.8 Å². The second kappa shape index (κ2) is 7.95. The molecule has 1 rings (SSSR count). The van der Waals surface area contributed by atoms with E-state index in [4.69, 9.17) is 0 Å². The third kappa shape index (κ3) is 5.68. The Morgan fingerprint density at radius 2 is 1.50 bits per heavy atom. The van der Waals surface area contributed by atoms with Crippen LogP contribution < -0.4 is 16.2 Å². The van der Waals surface area contributed by atoms with Crippen molar-refractivity contribution in [1.82, 2.24) is 16.2 Å². The van der Waals surface area contributed by atoms with Gasteiger partial charge in [-0.3, -0.25) is 25.2 Å². The number of carbonyl (C=O) groups is 3. The lowest BCUT2D eigenvalue weighted by molar-refractivity contribution is -0.129. The Hall–Kier alpha value is -2.37. The minimum atomic E-state index is -0.703. The van der Waals surface area contributed by atoms with Crippen molar-refractivity contribution in [3.05, 3.63) is 35.4 Å². The summed E-state index contributed by atoms with van der Waals surface area (Å²) < 4.78 is 0. The van der Waals surface area contributed by atoms with E-state index >= 15 is 0 Å². The van der Waals surface area contributed by atoms with Gasteiger partial charge < -0.3 is 5.32 Å². The zero-order chi connectivity index (χ0) is 18.5. The second-order valence-electron chi connectivity index (χ2n) is 7.19. The van der Waals surface area contributed by atoms with Crippen LogP contribution in [-0.2, 0) is 15.0 Å². The van der Waals surface area contributed by atoms with E-state index in [1.807, 2.05) is 26.0 Å². The number of carbonyl (C=O) groups excluding carboxylic acids is 3. The van der Waals surface area contributed by atoms with Gasteiger partial charge in [-0.1, -0.05) is 46.8 Å². The zero-order valence-electron chi connectivity index (χ0n) is 15.2. The number of benzene rings is 1. The maximum absolute atomic E-state index is 12.1. The van der Waals surface area contributed by atoms with Crippen LogP contribution in [0.1, 0.15) is 57.5 Å². The molecule has 6 nitrogen and oxygen atoms in total. The number of hydrogen-bond donors (Lipinski definition) is 3. The molecule has 1 aromatic rings. The minimum absolute atomic E-state index is 0.00602. The van der Waals surface area contributed by atoms with E-state index in [9.17, 15) is 14.4 Å². The summed E-state index contributed by atoms with van der Waals surface area (Å²) in [6.07, 6.45) is 0. The molecule has 0 heterocycles. The molecule has 0 saturated carbocycles.